The number of hydrogen-bond donors (Lipinski definition) is 2. The molecule has 2 aromatic heterocycles. The largest absolute Gasteiger partial charge is 0.394 e. The van der Waals surface area contributed by atoms with Gasteiger partial charge in [-0.15, -0.1) is 0 Å². The maximum atomic E-state index is 14.4. The van der Waals surface area contributed by atoms with E-state index in [1.54, 1.807) is 19.1 Å². The topological polar surface area (TPSA) is 107 Å². The second-order valence-electron chi connectivity index (χ2n) is 6.07. The number of nitrogens with zero attached hydrogens (tertiary/aromatic N) is 2. The zero-order chi connectivity index (χ0) is 20.4. The molecule has 10 heteroatoms. The highest BCUT2D eigenvalue weighted by Crippen LogP contribution is 2.25. The molecule has 0 bridgehead atoms. The van der Waals surface area contributed by atoms with E-state index in [4.69, 9.17) is 14.5 Å². The number of benzene rings is 1. The summed E-state index contributed by atoms with van der Waals surface area (Å²) < 4.78 is 21.6. The summed E-state index contributed by atoms with van der Waals surface area (Å²) in [5, 5.41) is 12.8. The molecule has 8 nitrogen and oxygen atoms in total. The quantitative estimate of drug-likeness (QED) is 0.303. The van der Waals surface area contributed by atoms with E-state index >= 15 is 0 Å². The summed E-state index contributed by atoms with van der Waals surface area (Å²) >= 11 is 2.00. The summed E-state index contributed by atoms with van der Waals surface area (Å²) in [6.07, 6.45) is -0.0209. The lowest BCUT2D eigenvalue weighted by molar-refractivity contribution is 0.0167. The van der Waals surface area contributed by atoms with Crippen LogP contribution >= 0.6 is 22.6 Å². The van der Waals surface area contributed by atoms with E-state index in [9.17, 15) is 14.0 Å². The average molecular weight is 501 g/mol. The van der Waals surface area contributed by atoms with Crippen molar-refractivity contribution in [1.82, 2.24) is 15.2 Å². The van der Waals surface area contributed by atoms with Gasteiger partial charge in [-0.1, -0.05) is 11.2 Å². The van der Waals surface area contributed by atoms with Gasteiger partial charge in [0.15, 0.2) is 5.58 Å². The summed E-state index contributed by atoms with van der Waals surface area (Å²) in [7, 11) is 1.50. The van der Waals surface area contributed by atoms with E-state index in [1.165, 1.54) is 17.7 Å². The molecule has 1 aromatic carbocycles. The molecule has 0 aliphatic carbocycles. The van der Waals surface area contributed by atoms with Gasteiger partial charge >= 0.3 is 0 Å². The fraction of sp³-hybridized carbons (Fsp3) is 0.278. The number of rotatable bonds is 6. The van der Waals surface area contributed by atoms with Crippen LogP contribution in [0.25, 0.3) is 11.0 Å². The molecule has 0 spiro atoms. The molecule has 0 aliphatic rings. The molecule has 28 heavy (non-hydrogen) atoms. The number of aromatic nitrogens is 2. The molecule has 148 valence electrons. The number of pyridine rings is 1. The van der Waals surface area contributed by atoms with E-state index < -0.39 is 17.3 Å². The van der Waals surface area contributed by atoms with Crippen LogP contribution in [-0.4, -0.2) is 34.0 Å². The van der Waals surface area contributed by atoms with E-state index in [0.29, 0.717) is 11.3 Å². The van der Waals surface area contributed by atoms with Crippen LogP contribution in [0.15, 0.2) is 27.5 Å². The number of aryl methyl sites for hydroxylation is 1. The third-order valence-electron chi connectivity index (χ3n) is 4.26. The van der Waals surface area contributed by atoms with Crippen LogP contribution in [0, 0.1) is 16.3 Å². The summed E-state index contributed by atoms with van der Waals surface area (Å²) in [5.41, 5.74) is 2.73. The van der Waals surface area contributed by atoms with E-state index in [0.717, 1.165) is 3.57 Å². The Morgan fingerprint density at radius 1 is 1.46 bits per heavy atom. The van der Waals surface area contributed by atoms with Crippen molar-refractivity contribution < 1.29 is 23.7 Å². The molecule has 0 saturated heterocycles. The molecule has 0 saturated carbocycles. The lowest BCUT2D eigenvalue weighted by Gasteiger charge is -2.15. The van der Waals surface area contributed by atoms with Gasteiger partial charge in [0.1, 0.15) is 16.8 Å². The lowest BCUT2D eigenvalue weighted by Crippen LogP contribution is -2.31. The zero-order valence-electron chi connectivity index (χ0n) is 15.1. The molecule has 2 heterocycles. The third kappa shape index (κ3) is 3.80. The number of nitrogens with one attached hydrogen (secondary N) is 1. The van der Waals surface area contributed by atoms with Crippen molar-refractivity contribution in [3.63, 3.8) is 0 Å². The van der Waals surface area contributed by atoms with E-state index in [-0.39, 0.29) is 41.9 Å². The number of halogens is 2. The van der Waals surface area contributed by atoms with Gasteiger partial charge in [-0.2, -0.15) is 0 Å². The number of amides is 1. The van der Waals surface area contributed by atoms with Gasteiger partial charge in [-0.25, -0.2) is 9.87 Å². The predicted molar refractivity (Wildman–Crippen MR) is 106 cm³/mol. The molecule has 0 unspecified atom stereocenters. The number of aliphatic hydroxyl groups excluding tert-OH is 1. The SMILES string of the molecule is Cc1noc2c(C(=O)NOCCO)c(Cc3ccc(I)cc3F)n(C)c(=O)c12. The number of hydroxylamine groups is 1. The third-order valence-corrected chi connectivity index (χ3v) is 4.93. The van der Waals surface area contributed by atoms with Crippen molar-refractivity contribution in [2.75, 3.05) is 13.2 Å². The van der Waals surface area contributed by atoms with Crippen molar-refractivity contribution in [3.8, 4) is 0 Å². The first-order valence-corrected chi connectivity index (χ1v) is 9.37. The second-order valence-corrected chi connectivity index (χ2v) is 7.32. The summed E-state index contributed by atoms with van der Waals surface area (Å²) in [4.78, 5) is 30.4. The fourth-order valence-corrected chi connectivity index (χ4v) is 3.33. The minimum absolute atomic E-state index is 0.00613. The van der Waals surface area contributed by atoms with Crippen LogP contribution in [0.1, 0.15) is 27.3 Å². The minimum Gasteiger partial charge on any atom is -0.394 e. The van der Waals surface area contributed by atoms with Crippen molar-refractivity contribution in [2.24, 2.45) is 7.05 Å². The van der Waals surface area contributed by atoms with Gasteiger partial charge < -0.3 is 14.2 Å². The minimum atomic E-state index is -0.689. The molecule has 0 radical (unpaired) electrons. The normalized spacial score (nSPS) is 11.2. The van der Waals surface area contributed by atoms with Crippen molar-refractivity contribution in [2.45, 2.75) is 13.3 Å². The molecule has 1 amide bonds. The molecular formula is C18H17FIN3O5. The highest BCUT2D eigenvalue weighted by Gasteiger charge is 2.26. The monoisotopic (exact) mass is 501 g/mol. The Labute approximate surface area is 172 Å². The average Bonchev–Trinajstić information content (AvgIpc) is 3.03. The number of fused-ring (bicyclic) bond motifs is 1. The lowest BCUT2D eigenvalue weighted by atomic mass is 10.0. The van der Waals surface area contributed by atoms with Crippen LogP contribution in [0.4, 0.5) is 4.39 Å². The molecule has 0 aliphatic heterocycles. The molecule has 3 aromatic rings. The first-order valence-electron chi connectivity index (χ1n) is 8.30. The summed E-state index contributed by atoms with van der Waals surface area (Å²) in [6, 6.07) is 4.70. The van der Waals surface area contributed by atoms with Crippen LogP contribution in [0.5, 0.6) is 0 Å². The standard InChI is InChI=1S/C18H17FIN3O5/c1-9-14-16(28-21-9)15(17(25)22-27-6-5-24)13(23(2)18(14)26)7-10-3-4-11(20)8-12(10)19/h3-4,8,24H,5-7H2,1-2H3,(H,22,25). The molecule has 0 fully saturated rings. The Kier molecular flexibility index (Phi) is 6.10. The van der Waals surface area contributed by atoms with Crippen molar-refractivity contribution in [1.29, 1.82) is 0 Å². The summed E-state index contributed by atoms with van der Waals surface area (Å²) in [6.45, 7) is 1.19. The van der Waals surface area contributed by atoms with E-state index in [2.05, 4.69) is 10.6 Å². The molecule has 3 rings (SSSR count). The first-order chi connectivity index (χ1) is 13.3. The Morgan fingerprint density at radius 3 is 2.89 bits per heavy atom. The fourth-order valence-electron chi connectivity index (χ4n) is 2.88. The Bertz CT molecular complexity index is 1110. The summed E-state index contributed by atoms with van der Waals surface area (Å²) in [5.74, 6) is -1.14. The predicted octanol–water partition coefficient (Wildman–Crippen LogP) is 1.82. The highest BCUT2D eigenvalue weighted by molar-refractivity contribution is 14.1. The molecule has 2 N–H and O–H groups in total. The zero-order valence-corrected chi connectivity index (χ0v) is 17.2. The molecular weight excluding hydrogens is 484 g/mol. The highest BCUT2D eigenvalue weighted by atomic mass is 127. The van der Waals surface area contributed by atoms with Gasteiger partial charge in [0.05, 0.1) is 18.9 Å². The smallest absolute Gasteiger partial charge is 0.280 e. The van der Waals surface area contributed by atoms with Crippen LogP contribution in [0.2, 0.25) is 0 Å². The van der Waals surface area contributed by atoms with Crippen LogP contribution in [0.3, 0.4) is 0 Å². The Balaban J connectivity index is 2.19. The first kappa shape index (κ1) is 20.4. The van der Waals surface area contributed by atoms with Gasteiger partial charge in [0.2, 0.25) is 0 Å². The van der Waals surface area contributed by atoms with Gasteiger partial charge in [0, 0.05) is 22.7 Å². The van der Waals surface area contributed by atoms with Crippen LogP contribution in [-0.2, 0) is 18.3 Å². The van der Waals surface area contributed by atoms with E-state index in [1.807, 2.05) is 22.6 Å². The van der Waals surface area contributed by atoms with Gasteiger partial charge in [-0.05, 0) is 47.2 Å². The molecule has 0 atom stereocenters. The number of carbonyl (C=O) groups is 1. The maximum absolute atomic E-state index is 14.4. The number of carbonyl (C=O) groups excluding carboxylic acids is 1. The van der Waals surface area contributed by atoms with Crippen LogP contribution < -0.4 is 11.0 Å². The van der Waals surface area contributed by atoms with Gasteiger partial charge in [0.25, 0.3) is 11.5 Å². The number of aliphatic hydroxyl groups is 1. The Morgan fingerprint density at radius 2 is 2.21 bits per heavy atom. The maximum Gasteiger partial charge on any atom is 0.280 e. The second kappa shape index (κ2) is 8.37. The van der Waals surface area contributed by atoms with Crippen molar-refractivity contribution in [3.05, 3.63) is 60.5 Å². The van der Waals surface area contributed by atoms with Gasteiger partial charge in [-0.3, -0.25) is 14.4 Å². The van der Waals surface area contributed by atoms with Crippen molar-refractivity contribution >= 4 is 39.5 Å². The Hall–Kier alpha value is -2.31. The number of hydrogen-bond acceptors (Lipinski definition) is 6.